The maximum atomic E-state index is 13.3. The van der Waals surface area contributed by atoms with Crippen LogP contribution in [0.4, 0.5) is 0 Å². The minimum absolute atomic E-state index is 0.110. The fourth-order valence-electron chi connectivity index (χ4n) is 5.45. The standard InChI is InChI=1S/C21H17N3O/c25-20-13-8-9-21(10-13)11-15-14(6-7-16-19(15)23-24-22-16)18(21)17(20)12-4-2-1-3-5-12/h1-7,13H,8-11H2,(H,22,23,24). The van der Waals surface area contributed by atoms with Gasteiger partial charge in [0.15, 0.2) is 5.78 Å². The molecule has 1 saturated carbocycles. The molecular weight excluding hydrogens is 310 g/mol. The highest BCUT2D eigenvalue weighted by Crippen LogP contribution is 2.64. The summed E-state index contributed by atoms with van der Waals surface area (Å²) in [5, 5.41) is 11.4. The van der Waals surface area contributed by atoms with Gasteiger partial charge >= 0.3 is 0 Å². The number of ketones is 1. The third-order valence-corrected chi connectivity index (χ3v) is 6.45. The van der Waals surface area contributed by atoms with E-state index in [9.17, 15) is 4.79 Å². The molecule has 6 rings (SSSR count). The zero-order valence-corrected chi connectivity index (χ0v) is 13.7. The molecule has 2 atom stereocenters. The van der Waals surface area contributed by atoms with Crippen LogP contribution in [0.15, 0.2) is 42.5 Å². The number of fused-ring (bicyclic) bond motifs is 5. The van der Waals surface area contributed by atoms with Crippen LogP contribution in [0.3, 0.4) is 0 Å². The first kappa shape index (κ1) is 13.5. The molecule has 4 heteroatoms. The maximum Gasteiger partial charge on any atom is 0.166 e. The molecule has 1 spiro atoms. The molecule has 3 aliphatic rings. The van der Waals surface area contributed by atoms with Crippen molar-refractivity contribution in [2.45, 2.75) is 25.7 Å². The van der Waals surface area contributed by atoms with Crippen molar-refractivity contribution in [1.29, 1.82) is 0 Å². The van der Waals surface area contributed by atoms with Gasteiger partial charge in [-0.2, -0.15) is 15.4 Å². The number of hydrogen-bond acceptors (Lipinski definition) is 3. The van der Waals surface area contributed by atoms with E-state index in [2.05, 4.69) is 33.6 Å². The molecule has 1 aromatic heterocycles. The number of carbonyl (C=O) groups is 1. The van der Waals surface area contributed by atoms with Crippen LogP contribution in [0.25, 0.3) is 22.2 Å². The van der Waals surface area contributed by atoms with Crippen molar-refractivity contribution in [1.82, 2.24) is 15.4 Å². The van der Waals surface area contributed by atoms with Crippen molar-refractivity contribution < 1.29 is 4.79 Å². The van der Waals surface area contributed by atoms with Crippen molar-refractivity contribution in [2.75, 3.05) is 0 Å². The Morgan fingerprint density at radius 1 is 1.08 bits per heavy atom. The molecular formula is C21H17N3O. The van der Waals surface area contributed by atoms with E-state index in [1.165, 1.54) is 16.7 Å². The minimum atomic E-state index is 0.110. The highest BCUT2D eigenvalue weighted by atomic mass is 16.1. The molecule has 25 heavy (non-hydrogen) atoms. The van der Waals surface area contributed by atoms with Gasteiger partial charge in [0.2, 0.25) is 0 Å². The highest BCUT2D eigenvalue weighted by Gasteiger charge is 2.54. The van der Waals surface area contributed by atoms with E-state index >= 15 is 0 Å². The molecule has 0 amide bonds. The quantitative estimate of drug-likeness (QED) is 0.740. The number of carbonyl (C=O) groups excluding carboxylic acids is 1. The Morgan fingerprint density at radius 3 is 2.84 bits per heavy atom. The van der Waals surface area contributed by atoms with Gasteiger partial charge in [-0.1, -0.05) is 36.4 Å². The highest BCUT2D eigenvalue weighted by molar-refractivity contribution is 6.31. The lowest BCUT2D eigenvalue weighted by molar-refractivity contribution is -0.117. The molecule has 1 heterocycles. The zero-order chi connectivity index (χ0) is 16.6. The first-order valence-electron chi connectivity index (χ1n) is 8.94. The number of benzene rings is 2. The Bertz CT molecular complexity index is 1080. The van der Waals surface area contributed by atoms with Crippen LogP contribution in [0.2, 0.25) is 0 Å². The summed E-state index contributed by atoms with van der Waals surface area (Å²) in [6.07, 6.45) is 4.09. The lowest BCUT2D eigenvalue weighted by Gasteiger charge is -2.32. The lowest BCUT2D eigenvalue weighted by atomic mass is 9.70. The Kier molecular flexibility index (Phi) is 2.41. The first-order chi connectivity index (χ1) is 12.3. The van der Waals surface area contributed by atoms with Gasteiger partial charge in [-0.05, 0) is 54.0 Å². The fourth-order valence-corrected chi connectivity index (χ4v) is 5.45. The van der Waals surface area contributed by atoms with Crippen molar-refractivity contribution in [3.05, 3.63) is 59.2 Å². The molecule has 122 valence electrons. The van der Waals surface area contributed by atoms with Crippen LogP contribution in [-0.2, 0) is 11.2 Å². The molecule has 3 aliphatic carbocycles. The first-order valence-corrected chi connectivity index (χ1v) is 8.94. The van der Waals surface area contributed by atoms with Crippen LogP contribution < -0.4 is 0 Å². The fraction of sp³-hybridized carbons (Fsp3) is 0.286. The van der Waals surface area contributed by atoms with Crippen LogP contribution in [0.5, 0.6) is 0 Å². The summed E-state index contributed by atoms with van der Waals surface area (Å²) >= 11 is 0. The van der Waals surface area contributed by atoms with E-state index in [1.54, 1.807) is 0 Å². The summed E-state index contributed by atoms with van der Waals surface area (Å²) < 4.78 is 0. The van der Waals surface area contributed by atoms with E-state index in [0.717, 1.165) is 47.9 Å². The second-order valence-electron chi connectivity index (χ2n) is 7.66. The summed E-state index contributed by atoms with van der Waals surface area (Å²) in [6, 6.07) is 14.4. The van der Waals surface area contributed by atoms with E-state index in [0.29, 0.717) is 5.78 Å². The van der Waals surface area contributed by atoms with Crippen LogP contribution in [-0.4, -0.2) is 21.2 Å². The number of hydrogen-bond donors (Lipinski definition) is 1. The Labute approximate surface area is 144 Å². The zero-order valence-electron chi connectivity index (χ0n) is 13.7. The molecule has 2 aromatic carbocycles. The molecule has 4 nitrogen and oxygen atoms in total. The van der Waals surface area contributed by atoms with Gasteiger partial charge in [0.25, 0.3) is 0 Å². The average molecular weight is 327 g/mol. The predicted octanol–water partition coefficient (Wildman–Crippen LogP) is 3.79. The van der Waals surface area contributed by atoms with Gasteiger partial charge in [0, 0.05) is 16.9 Å². The van der Waals surface area contributed by atoms with Crippen molar-refractivity contribution >= 4 is 28.0 Å². The van der Waals surface area contributed by atoms with E-state index in [-0.39, 0.29) is 11.3 Å². The number of aromatic amines is 1. The summed E-state index contributed by atoms with van der Waals surface area (Å²) in [4.78, 5) is 13.3. The lowest BCUT2D eigenvalue weighted by Crippen LogP contribution is -2.27. The normalized spacial score (nSPS) is 27.0. The topological polar surface area (TPSA) is 58.6 Å². The Morgan fingerprint density at radius 2 is 1.96 bits per heavy atom. The average Bonchev–Trinajstić information content (AvgIpc) is 3.33. The third-order valence-electron chi connectivity index (χ3n) is 6.45. The van der Waals surface area contributed by atoms with Gasteiger partial charge in [0.05, 0.1) is 0 Å². The molecule has 0 radical (unpaired) electrons. The van der Waals surface area contributed by atoms with Gasteiger partial charge in [-0.25, -0.2) is 0 Å². The predicted molar refractivity (Wildman–Crippen MR) is 95.6 cm³/mol. The summed E-state index contributed by atoms with van der Waals surface area (Å²) in [6.45, 7) is 0. The molecule has 2 bridgehead atoms. The summed E-state index contributed by atoms with van der Waals surface area (Å²) in [5.74, 6) is 0.517. The second-order valence-corrected chi connectivity index (χ2v) is 7.66. The summed E-state index contributed by atoms with van der Waals surface area (Å²) in [7, 11) is 0. The van der Waals surface area contributed by atoms with Crippen LogP contribution >= 0.6 is 0 Å². The molecule has 2 unspecified atom stereocenters. The number of H-pyrrole nitrogens is 1. The third kappa shape index (κ3) is 1.60. The van der Waals surface area contributed by atoms with Gasteiger partial charge in [0.1, 0.15) is 11.0 Å². The van der Waals surface area contributed by atoms with Crippen LogP contribution in [0.1, 0.15) is 36.0 Å². The molecule has 0 saturated heterocycles. The maximum absolute atomic E-state index is 13.3. The van der Waals surface area contributed by atoms with Gasteiger partial charge < -0.3 is 0 Å². The van der Waals surface area contributed by atoms with E-state index < -0.39 is 0 Å². The SMILES string of the molecule is O=C1C(c2ccccc2)=C2c3ccc4n[nH]nc4c3CC23CCC1C3. The Balaban J connectivity index is 1.73. The van der Waals surface area contributed by atoms with E-state index in [1.807, 2.05) is 24.3 Å². The van der Waals surface area contributed by atoms with Crippen molar-refractivity contribution in [3.63, 3.8) is 0 Å². The Hall–Kier alpha value is -2.75. The van der Waals surface area contributed by atoms with Crippen molar-refractivity contribution in [2.24, 2.45) is 11.3 Å². The van der Waals surface area contributed by atoms with Crippen molar-refractivity contribution in [3.8, 4) is 0 Å². The van der Waals surface area contributed by atoms with Gasteiger partial charge in [-0.15, -0.1) is 0 Å². The number of allylic oxidation sites excluding steroid dienone is 2. The molecule has 3 aromatic rings. The number of aromatic nitrogens is 3. The molecule has 1 fully saturated rings. The number of rotatable bonds is 1. The minimum Gasteiger partial charge on any atom is -0.294 e. The molecule has 0 aliphatic heterocycles. The monoisotopic (exact) mass is 327 g/mol. The largest absolute Gasteiger partial charge is 0.294 e. The van der Waals surface area contributed by atoms with Crippen LogP contribution in [0, 0.1) is 11.3 Å². The van der Waals surface area contributed by atoms with E-state index in [4.69, 9.17) is 0 Å². The number of nitrogens with zero attached hydrogens (tertiary/aromatic N) is 2. The van der Waals surface area contributed by atoms with Gasteiger partial charge in [-0.3, -0.25) is 4.79 Å². The molecule has 1 N–H and O–H groups in total. The summed E-state index contributed by atoms with van der Waals surface area (Å²) in [5.41, 5.74) is 7.77. The number of Topliss-reactive ketones (excluding diaryl/α,β-unsaturated/α-hetero) is 1. The second kappa shape index (κ2) is 4.45. The smallest absolute Gasteiger partial charge is 0.166 e. The number of nitrogens with one attached hydrogen (secondary N) is 1.